The number of nitrogens with zero attached hydrogens (tertiary/aromatic N) is 3. The Labute approximate surface area is 86.6 Å². The number of hydrogen-bond donors (Lipinski definition) is 0. The third-order valence-electron chi connectivity index (χ3n) is 1.73. The van der Waals surface area contributed by atoms with Crippen LogP contribution >= 0.6 is 11.6 Å². The van der Waals surface area contributed by atoms with Crippen molar-refractivity contribution in [2.24, 2.45) is 0 Å². The van der Waals surface area contributed by atoms with Gasteiger partial charge in [-0.05, 0) is 23.8 Å². The summed E-state index contributed by atoms with van der Waals surface area (Å²) in [6.07, 6.45) is 7.17. The van der Waals surface area contributed by atoms with E-state index in [2.05, 4.69) is 10.3 Å². The molecule has 2 rings (SSSR count). The average Bonchev–Trinajstić information content (AvgIpc) is 2.70. The summed E-state index contributed by atoms with van der Waals surface area (Å²) in [6, 6.07) is 7.58. The lowest BCUT2D eigenvalue weighted by atomic mass is 10.2. The maximum Gasteiger partial charge on any atom is 0.0697 e. The zero-order chi connectivity index (χ0) is 9.80. The number of hydrogen-bond acceptors (Lipinski definition) is 2. The molecule has 14 heavy (non-hydrogen) atoms. The van der Waals surface area contributed by atoms with E-state index in [9.17, 15) is 0 Å². The third kappa shape index (κ3) is 2.20. The van der Waals surface area contributed by atoms with Crippen LogP contribution in [-0.4, -0.2) is 15.0 Å². The van der Waals surface area contributed by atoms with Crippen molar-refractivity contribution in [3.63, 3.8) is 0 Å². The van der Waals surface area contributed by atoms with Crippen LogP contribution < -0.4 is 0 Å². The molecular formula is C10H8ClN3. The van der Waals surface area contributed by atoms with Crippen LogP contribution in [-0.2, 0) is 0 Å². The predicted molar refractivity (Wildman–Crippen MR) is 56.7 cm³/mol. The topological polar surface area (TPSA) is 30.7 Å². The van der Waals surface area contributed by atoms with Gasteiger partial charge in [0.1, 0.15) is 0 Å². The second-order valence-corrected chi connectivity index (χ2v) is 3.19. The molecule has 0 spiro atoms. The minimum atomic E-state index is 0.739. The quantitative estimate of drug-likeness (QED) is 0.755. The second-order valence-electron chi connectivity index (χ2n) is 2.75. The molecule has 0 saturated carbocycles. The van der Waals surface area contributed by atoms with Crippen LogP contribution in [0.1, 0.15) is 5.56 Å². The highest BCUT2D eigenvalue weighted by Crippen LogP contribution is 2.10. The van der Waals surface area contributed by atoms with Crippen molar-refractivity contribution in [1.29, 1.82) is 0 Å². The Morgan fingerprint density at radius 3 is 2.64 bits per heavy atom. The Balaban J connectivity index is 2.15. The lowest BCUT2D eigenvalue weighted by Gasteiger charge is -1.93. The summed E-state index contributed by atoms with van der Waals surface area (Å²) >= 11 is 5.76. The van der Waals surface area contributed by atoms with Crippen LogP contribution in [0.3, 0.4) is 0 Å². The fourth-order valence-corrected chi connectivity index (χ4v) is 1.16. The SMILES string of the molecule is Clc1ccc(/C=C/n2ccnn2)cc1. The van der Waals surface area contributed by atoms with Gasteiger partial charge in [-0.2, -0.15) is 0 Å². The summed E-state index contributed by atoms with van der Waals surface area (Å²) in [5.74, 6) is 0. The molecule has 2 aromatic rings. The lowest BCUT2D eigenvalue weighted by molar-refractivity contribution is 0.842. The highest BCUT2D eigenvalue weighted by molar-refractivity contribution is 6.30. The van der Waals surface area contributed by atoms with Crippen molar-refractivity contribution < 1.29 is 0 Å². The highest BCUT2D eigenvalue weighted by atomic mass is 35.5. The van der Waals surface area contributed by atoms with Crippen molar-refractivity contribution in [1.82, 2.24) is 15.0 Å². The second kappa shape index (κ2) is 4.07. The summed E-state index contributed by atoms with van der Waals surface area (Å²) in [5.41, 5.74) is 1.07. The molecule has 0 N–H and O–H groups in total. The Kier molecular flexibility index (Phi) is 2.60. The molecule has 0 aliphatic rings. The van der Waals surface area contributed by atoms with Crippen molar-refractivity contribution >= 4 is 23.9 Å². The van der Waals surface area contributed by atoms with E-state index in [0.717, 1.165) is 10.6 Å². The van der Waals surface area contributed by atoms with Crippen molar-refractivity contribution in [3.8, 4) is 0 Å². The normalized spacial score (nSPS) is 10.9. The molecule has 0 radical (unpaired) electrons. The van der Waals surface area contributed by atoms with Crippen LogP contribution in [0, 0.1) is 0 Å². The Morgan fingerprint density at radius 1 is 1.21 bits per heavy atom. The van der Waals surface area contributed by atoms with Crippen LogP contribution in [0.2, 0.25) is 5.02 Å². The lowest BCUT2D eigenvalue weighted by Crippen LogP contribution is -1.85. The van der Waals surface area contributed by atoms with E-state index in [1.165, 1.54) is 0 Å². The van der Waals surface area contributed by atoms with Crippen LogP contribution in [0.4, 0.5) is 0 Å². The van der Waals surface area contributed by atoms with E-state index in [4.69, 9.17) is 11.6 Å². The van der Waals surface area contributed by atoms with E-state index in [-0.39, 0.29) is 0 Å². The summed E-state index contributed by atoms with van der Waals surface area (Å²) < 4.78 is 1.63. The molecular weight excluding hydrogens is 198 g/mol. The smallest absolute Gasteiger partial charge is 0.0697 e. The standard InChI is InChI=1S/C10H8ClN3/c11-10-3-1-9(2-4-10)5-7-14-8-6-12-13-14/h1-8H/b7-5+. The van der Waals surface area contributed by atoms with Gasteiger partial charge in [0, 0.05) is 11.2 Å². The Hall–Kier alpha value is -1.61. The van der Waals surface area contributed by atoms with Gasteiger partial charge in [0.25, 0.3) is 0 Å². The average molecular weight is 206 g/mol. The summed E-state index contributed by atoms with van der Waals surface area (Å²) in [7, 11) is 0. The highest BCUT2D eigenvalue weighted by Gasteiger charge is 1.88. The summed E-state index contributed by atoms with van der Waals surface area (Å²) in [6.45, 7) is 0. The molecule has 4 heteroatoms. The Morgan fingerprint density at radius 2 is 2.00 bits per heavy atom. The van der Waals surface area contributed by atoms with Crippen molar-refractivity contribution in [2.45, 2.75) is 0 Å². The van der Waals surface area contributed by atoms with Crippen LogP contribution in [0.25, 0.3) is 12.3 Å². The van der Waals surface area contributed by atoms with E-state index >= 15 is 0 Å². The zero-order valence-electron chi connectivity index (χ0n) is 7.34. The zero-order valence-corrected chi connectivity index (χ0v) is 8.09. The van der Waals surface area contributed by atoms with E-state index in [1.807, 2.05) is 36.5 Å². The third-order valence-corrected chi connectivity index (χ3v) is 1.98. The van der Waals surface area contributed by atoms with Gasteiger partial charge >= 0.3 is 0 Å². The van der Waals surface area contributed by atoms with Gasteiger partial charge in [-0.3, -0.25) is 0 Å². The first-order chi connectivity index (χ1) is 6.84. The van der Waals surface area contributed by atoms with E-state index < -0.39 is 0 Å². The first kappa shape index (κ1) is 8.97. The fourth-order valence-electron chi connectivity index (χ4n) is 1.03. The molecule has 0 bridgehead atoms. The molecule has 0 aliphatic carbocycles. The molecule has 1 aromatic carbocycles. The van der Waals surface area contributed by atoms with Gasteiger partial charge in [-0.15, -0.1) is 5.10 Å². The maximum atomic E-state index is 5.76. The van der Waals surface area contributed by atoms with Gasteiger partial charge in [-0.1, -0.05) is 28.9 Å². The number of aromatic nitrogens is 3. The first-order valence-corrected chi connectivity index (χ1v) is 4.52. The monoisotopic (exact) mass is 205 g/mol. The molecule has 1 aromatic heterocycles. The molecule has 0 saturated heterocycles. The van der Waals surface area contributed by atoms with E-state index in [0.29, 0.717) is 0 Å². The number of halogens is 1. The van der Waals surface area contributed by atoms with Crippen LogP contribution in [0.5, 0.6) is 0 Å². The van der Waals surface area contributed by atoms with Crippen LogP contribution in [0.15, 0.2) is 36.7 Å². The summed E-state index contributed by atoms with van der Waals surface area (Å²) in [4.78, 5) is 0. The molecule has 70 valence electrons. The van der Waals surface area contributed by atoms with E-state index in [1.54, 1.807) is 17.1 Å². The molecule has 0 fully saturated rings. The minimum Gasteiger partial charge on any atom is -0.228 e. The summed E-state index contributed by atoms with van der Waals surface area (Å²) in [5, 5.41) is 8.23. The predicted octanol–water partition coefficient (Wildman–Crippen LogP) is 2.56. The van der Waals surface area contributed by atoms with Gasteiger partial charge in [-0.25, -0.2) is 4.68 Å². The molecule has 0 aliphatic heterocycles. The van der Waals surface area contributed by atoms with Crippen molar-refractivity contribution in [3.05, 3.63) is 47.2 Å². The van der Waals surface area contributed by atoms with Gasteiger partial charge < -0.3 is 0 Å². The molecule has 0 amide bonds. The fraction of sp³-hybridized carbons (Fsp3) is 0. The Bertz CT molecular complexity index is 417. The molecule has 3 nitrogen and oxygen atoms in total. The maximum absolute atomic E-state index is 5.76. The van der Waals surface area contributed by atoms with Crippen molar-refractivity contribution in [2.75, 3.05) is 0 Å². The largest absolute Gasteiger partial charge is 0.228 e. The minimum absolute atomic E-state index is 0.739. The number of benzene rings is 1. The van der Waals surface area contributed by atoms with Gasteiger partial charge in [0.05, 0.1) is 12.4 Å². The molecule has 1 heterocycles. The molecule has 0 unspecified atom stereocenters. The number of rotatable bonds is 2. The van der Waals surface area contributed by atoms with Gasteiger partial charge in [0.15, 0.2) is 0 Å². The molecule has 0 atom stereocenters. The van der Waals surface area contributed by atoms with Gasteiger partial charge in [0.2, 0.25) is 0 Å². The first-order valence-electron chi connectivity index (χ1n) is 4.14.